The van der Waals surface area contributed by atoms with Crippen LogP contribution in [0.2, 0.25) is 10.0 Å². The minimum atomic E-state index is -0.916. The summed E-state index contributed by atoms with van der Waals surface area (Å²) in [6, 6.07) is 4.35. The van der Waals surface area contributed by atoms with Gasteiger partial charge in [-0.25, -0.2) is 9.37 Å². The minimum absolute atomic E-state index is 0.109. The topological polar surface area (TPSA) is 98.3 Å². The predicted molar refractivity (Wildman–Crippen MR) is 146 cm³/mol. The fraction of sp³-hybridized carbons (Fsp3) is 0.423. The molecule has 0 bridgehead atoms. The number of hydrogen-bond acceptors (Lipinski definition) is 6. The molecule has 2 heterocycles. The average Bonchev–Trinajstić information content (AvgIpc) is 3.22. The number of anilines is 1. The van der Waals surface area contributed by atoms with E-state index >= 15 is 0 Å². The van der Waals surface area contributed by atoms with Crippen molar-refractivity contribution in [2.75, 3.05) is 32.9 Å². The Balaban J connectivity index is 1.84. The number of benzene rings is 1. The first-order valence-electron chi connectivity index (χ1n) is 11.9. The predicted octanol–water partition coefficient (Wildman–Crippen LogP) is 5.22. The summed E-state index contributed by atoms with van der Waals surface area (Å²) in [4.78, 5) is 19.3. The van der Waals surface area contributed by atoms with Crippen LogP contribution in [0.25, 0.3) is 11.1 Å². The van der Waals surface area contributed by atoms with Crippen LogP contribution in [0.15, 0.2) is 30.6 Å². The van der Waals surface area contributed by atoms with E-state index in [0.717, 1.165) is 24.2 Å². The third kappa shape index (κ3) is 6.34. The van der Waals surface area contributed by atoms with E-state index in [1.807, 2.05) is 34.9 Å². The number of pyridine rings is 1. The van der Waals surface area contributed by atoms with E-state index in [-0.39, 0.29) is 27.5 Å². The zero-order valence-corrected chi connectivity index (χ0v) is 23.4. The molecule has 200 valence electrons. The highest BCUT2D eigenvalue weighted by atomic mass is 35.5. The first-order valence-corrected chi connectivity index (χ1v) is 12.6. The van der Waals surface area contributed by atoms with Crippen molar-refractivity contribution in [3.63, 3.8) is 0 Å². The Kier molecular flexibility index (Phi) is 9.05. The summed E-state index contributed by atoms with van der Waals surface area (Å²) in [5.74, 6) is -0.280. The van der Waals surface area contributed by atoms with Gasteiger partial charge in [-0.05, 0) is 73.0 Å². The third-order valence-electron chi connectivity index (χ3n) is 6.15. The molecule has 3 rings (SSSR count). The van der Waals surface area contributed by atoms with Gasteiger partial charge in [-0.1, -0.05) is 23.2 Å². The van der Waals surface area contributed by atoms with Gasteiger partial charge in [-0.15, -0.1) is 0 Å². The van der Waals surface area contributed by atoms with Crippen LogP contribution in [-0.2, 0) is 10.3 Å². The normalized spacial score (nSPS) is 12.6. The van der Waals surface area contributed by atoms with Crippen molar-refractivity contribution in [1.29, 1.82) is 0 Å². The van der Waals surface area contributed by atoms with Crippen molar-refractivity contribution in [2.45, 2.75) is 45.8 Å². The molecule has 1 atom stereocenters. The first-order chi connectivity index (χ1) is 17.3. The van der Waals surface area contributed by atoms with E-state index in [1.165, 1.54) is 12.1 Å². The summed E-state index contributed by atoms with van der Waals surface area (Å²) in [5, 5.41) is 7.67. The van der Waals surface area contributed by atoms with Crippen LogP contribution in [0.3, 0.4) is 0 Å². The lowest BCUT2D eigenvalue weighted by Gasteiger charge is -2.26. The van der Waals surface area contributed by atoms with Gasteiger partial charge in [-0.3, -0.25) is 9.48 Å². The molecule has 3 aromatic rings. The maximum Gasteiger partial charge on any atom is 0.247 e. The smallest absolute Gasteiger partial charge is 0.247 e. The second-order valence-corrected chi connectivity index (χ2v) is 10.4. The molecule has 0 saturated heterocycles. The minimum Gasteiger partial charge on any atom is -0.482 e. The fourth-order valence-corrected chi connectivity index (χ4v) is 4.71. The van der Waals surface area contributed by atoms with Gasteiger partial charge in [0.25, 0.3) is 0 Å². The van der Waals surface area contributed by atoms with Gasteiger partial charge in [0.15, 0.2) is 11.6 Å². The van der Waals surface area contributed by atoms with Gasteiger partial charge in [0.1, 0.15) is 17.5 Å². The number of nitrogens with zero attached hydrogens (tertiary/aromatic N) is 4. The third-order valence-corrected chi connectivity index (χ3v) is 6.86. The summed E-state index contributed by atoms with van der Waals surface area (Å²) in [6.07, 6.45) is 3.44. The maximum absolute atomic E-state index is 14.0. The number of hydrogen-bond donors (Lipinski definition) is 2. The van der Waals surface area contributed by atoms with Crippen molar-refractivity contribution >= 4 is 34.9 Å². The molecule has 8 nitrogen and oxygen atoms in total. The molecule has 0 spiro atoms. The monoisotopic (exact) mass is 550 g/mol. The zero-order chi connectivity index (χ0) is 27.5. The zero-order valence-electron chi connectivity index (χ0n) is 21.9. The Morgan fingerprint density at radius 1 is 1.30 bits per heavy atom. The molecule has 11 heteroatoms. The molecule has 0 fully saturated rings. The average molecular weight is 551 g/mol. The Bertz CT molecular complexity index is 1280. The van der Waals surface area contributed by atoms with Crippen LogP contribution in [-0.4, -0.2) is 52.8 Å². The fourth-order valence-electron chi connectivity index (χ4n) is 4.03. The molecule has 0 aliphatic heterocycles. The van der Waals surface area contributed by atoms with Crippen LogP contribution >= 0.6 is 23.2 Å². The van der Waals surface area contributed by atoms with E-state index in [1.54, 1.807) is 30.1 Å². The molecule has 2 aromatic heterocycles. The highest BCUT2D eigenvalue weighted by Crippen LogP contribution is 2.37. The molecular formula is C26H33Cl2FN6O2. The molecular weight excluding hydrogens is 518 g/mol. The Morgan fingerprint density at radius 2 is 2.00 bits per heavy atom. The SMILES string of the molecule is Cc1c(-c2cnc(N)c(OC(C)c3c(Cl)ccc(F)c3Cl)c2)cnn1C(C)(C)C(=O)NCCCN(C)C. The van der Waals surface area contributed by atoms with Crippen molar-refractivity contribution < 1.29 is 13.9 Å². The Hall–Kier alpha value is -2.88. The Labute approximate surface area is 226 Å². The summed E-state index contributed by atoms with van der Waals surface area (Å²) < 4.78 is 21.7. The summed E-state index contributed by atoms with van der Waals surface area (Å²) >= 11 is 12.4. The number of nitrogens with two attached hydrogens (primary N) is 1. The van der Waals surface area contributed by atoms with Crippen LogP contribution < -0.4 is 15.8 Å². The number of halogens is 3. The van der Waals surface area contributed by atoms with E-state index < -0.39 is 17.5 Å². The van der Waals surface area contributed by atoms with Crippen LogP contribution in [0.5, 0.6) is 5.75 Å². The summed E-state index contributed by atoms with van der Waals surface area (Å²) in [6.45, 7) is 8.69. The lowest BCUT2D eigenvalue weighted by molar-refractivity contribution is -0.128. The number of nitrogens with one attached hydrogen (secondary N) is 1. The van der Waals surface area contributed by atoms with Crippen molar-refractivity contribution in [3.05, 3.63) is 57.7 Å². The maximum atomic E-state index is 14.0. The molecule has 0 saturated carbocycles. The van der Waals surface area contributed by atoms with E-state index in [9.17, 15) is 9.18 Å². The van der Waals surface area contributed by atoms with E-state index in [2.05, 4.69) is 20.3 Å². The number of nitrogen functional groups attached to an aromatic ring is 1. The largest absolute Gasteiger partial charge is 0.482 e. The molecule has 37 heavy (non-hydrogen) atoms. The quantitative estimate of drug-likeness (QED) is 0.265. The van der Waals surface area contributed by atoms with E-state index in [0.29, 0.717) is 17.7 Å². The lowest BCUT2D eigenvalue weighted by atomic mass is 10.0. The van der Waals surface area contributed by atoms with Gasteiger partial charge in [0.05, 0.1) is 11.2 Å². The number of aromatic nitrogens is 3. The molecule has 0 aliphatic rings. The number of rotatable bonds is 10. The lowest BCUT2D eigenvalue weighted by Crippen LogP contribution is -2.46. The van der Waals surface area contributed by atoms with Gasteiger partial charge in [-0.2, -0.15) is 5.10 Å². The number of carbonyl (C=O) groups excluding carboxylic acids is 1. The number of ether oxygens (including phenoxy) is 1. The highest BCUT2D eigenvalue weighted by Gasteiger charge is 2.32. The molecule has 0 aliphatic carbocycles. The molecule has 1 amide bonds. The van der Waals surface area contributed by atoms with Gasteiger partial charge in [0, 0.05) is 40.1 Å². The van der Waals surface area contributed by atoms with Gasteiger partial charge in [0.2, 0.25) is 5.91 Å². The van der Waals surface area contributed by atoms with Crippen LogP contribution in [0.1, 0.15) is 44.6 Å². The summed E-state index contributed by atoms with van der Waals surface area (Å²) in [7, 11) is 3.99. The molecule has 0 radical (unpaired) electrons. The van der Waals surface area contributed by atoms with Crippen molar-refractivity contribution in [1.82, 2.24) is 25.0 Å². The molecule has 1 aromatic carbocycles. The van der Waals surface area contributed by atoms with E-state index in [4.69, 9.17) is 33.7 Å². The highest BCUT2D eigenvalue weighted by molar-refractivity contribution is 6.36. The second-order valence-electron chi connectivity index (χ2n) is 9.65. The van der Waals surface area contributed by atoms with Crippen LogP contribution in [0.4, 0.5) is 10.2 Å². The summed E-state index contributed by atoms with van der Waals surface area (Å²) in [5.41, 5.74) is 7.71. The number of carbonyl (C=O) groups is 1. The second kappa shape index (κ2) is 11.7. The molecule has 1 unspecified atom stereocenters. The van der Waals surface area contributed by atoms with Gasteiger partial charge >= 0.3 is 0 Å². The number of amides is 1. The molecule has 3 N–H and O–H groups in total. The standard InChI is InChI=1S/C26H33Cl2FN6O2/c1-15-18(14-33-35(15)26(3,4)25(36)31-10-7-11-34(5)6)17-12-21(24(30)32-13-17)37-16(2)22-19(27)8-9-20(29)23(22)28/h8-9,12-14,16H,7,10-11H2,1-6H3,(H2,30,32)(H,31,36). The van der Waals surface area contributed by atoms with Crippen molar-refractivity contribution in [2.24, 2.45) is 0 Å². The first kappa shape index (κ1) is 28.7. The Morgan fingerprint density at radius 3 is 2.68 bits per heavy atom. The van der Waals surface area contributed by atoms with Crippen LogP contribution in [0, 0.1) is 12.7 Å². The van der Waals surface area contributed by atoms with Crippen molar-refractivity contribution in [3.8, 4) is 16.9 Å². The van der Waals surface area contributed by atoms with Gasteiger partial charge < -0.3 is 20.7 Å².